The molecule has 1 aromatic carbocycles. The molecule has 0 aliphatic rings. The monoisotopic (exact) mass is 354 g/mol. The molecule has 0 saturated heterocycles. The van der Waals surface area contributed by atoms with E-state index in [1.165, 1.54) is 30.1 Å². The van der Waals surface area contributed by atoms with Crippen molar-refractivity contribution >= 4 is 18.3 Å². The van der Waals surface area contributed by atoms with Crippen LogP contribution in [0.4, 0.5) is 13.2 Å². The summed E-state index contributed by atoms with van der Waals surface area (Å²) in [6.07, 6.45) is -4.78. The number of halogens is 4. The number of hydrogen-bond acceptors (Lipinski definition) is 3. The third kappa shape index (κ3) is 6.66. The second-order valence-corrected chi connectivity index (χ2v) is 6.19. The van der Waals surface area contributed by atoms with Crippen molar-refractivity contribution in [3.63, 3.8) is 0 Å². The van der Waals surface area contributed by atoms with Gasteiger partial charge in [-0.3, -0.25) is 4.79 Å². The van der Waals surface area contributed by atoms with Gasteiger partial charge in [0.1, 0.15) is 5.75 Å². The number of likely N-dealkylation sites (N-methyl/N-ethyl adjacent to an activating group) is 1. The number of nitrogens with two attached hydrogens (primary N) is 1. The fourth-order valence-corrected chi connectivity index (χ4v) is 1.80. The maximum Gasteiger partial charge on any atom is 0.573 e. The molecule has 0 aliphatic heterocycles. The van der Waals surface area contributed by atoms with Crippen LogP contribution in [0.1, 0.15) is 26.3 Å². The van der Waals surface area contributed by atoms with Gasteiger partial charge in [-0.25, -0.2) is 0 Å². The number of para-hydroxylation sites is 1. The van der Waals surface area contributed by atoms with Crippen molar-refractivity contribution in [2.45, 2.75) is 39.7 Å². The minimum absolute atomic E-state index is 0. The summed E-state index contributed by atoms with van der Waals surface area (Å²) in [5.41, 5.74) is 5.71. The number of carbonyl (C=O) groups excluding carboxylic acids is 1. The number of alkyl halides is 3. The average Bonchev–Trinajstić information content (AvgIpc) is 2.36. The third-order valence-corrected chi connectivity index (χ3v) is 3.18. The van der Waals surface area contributed by atoms with Gasteiger partial charge in [-0.05, 0) is 11.5 Å². The van der Waals surface area contributed by atoms with Gasteiger partial charge in [0, 0.05) is 19.2 Å². The molecule has 2 N–H and O–H groups in total. The van der Waals surface area contributed by atoms with E-state index in [2.05, 4.69) is 4.74 Å². The highest BCUT2D eigenvalue weighted by Crippen LogP contribution is 2.27. The van der Waals surface area contributed by atoms with Crippen molar-refractivity contribution in [1.82, 2.24) is 4.90 Å². The van der Waals surface area contributed by atoms with E-state index in [1.54, 1.807) is 6.07 Å². The second kappa shape index (κ2) is 7.88. The predicted molar refractivity (Wildman–Crippen MR) is 84.3 cm³/mol. The molecule has 0 unspecified atom stereocenters. The molecule has 0 fully saturated rings. The highest BCUT2D eigenvalue weighted by atomic mass is 35.5. The van der Waals surface area contributed by atoms with Crippen molar-refractivity contribution < 1.29 is 22.7 Å². The number of amides is 1. The molecule has 1 aromatic rings. The maximum absolute atomic E-state index is 12.4. The first-order valence-corrected chi connectivity index (χ1v) is 6.76. The van der Waals surface area contributed by atoms with E-state index >= 15 is 0 Å². The second-order valence-electron chi connectivity index (χ2n) is 6.19. The third-order valence-electron chi connectivity index (χ3n) is 3.18. The Balaban J connectivity index is 0.00000484. The summed E-state index contributed by atoms with van der Waals surface area (Å²) in [6.45, 7) is 5.45. The number of benzene rings is 1. The van der Waals surface area contributed by atoms with Crippen LogP contribution in [0.15, 0.2) is 24.3 Å². The van der Waals surface area contributed by atoms with Crippen LogP contribution in [-0.2, 0) is 11.3 Å². The minimum atomic E-state index is -4.78. The van der Waals surface area contributed by atoms with Gasteiger partial charge >= 0.3 is 6.36 Å². The summed E-state index contributed by atoms with van der Waals surface area (Å²) >= 11 is 0. The first-order chi connectivity index (χ1) is 9.92. The van der Waals surface area contributed by atoms with E-state index in [0.717, 1.165) is 0 Å². The van der Waals surface area contributed by atoms with Crippen LogP contribution in [0.25, 0.3) is 0 Å². The molecule has 0 aliphatic carbocycles. The highest BCUT2D eigenvalue weighted by molar-refractivity contribution is 5.85. The van der Waals surface area contributed by atoms with Gasteiger partial charge in [0.2, 0.25) is 5.91 Å². The quantitative estimate of drug-likeness (QED) is 0.902. The standard InChI is InChI=1S/C15H21F3N2O2.ClH/c1-14(2,3)12(19)13(21)20(4)9-10-7-5-6-8-11(10)22-15(16,17)18;/h5-8,12H,9,19H2,1-4H3;1H/t12-;/m1./s1. The lowest BCUT2D eigenvalue weighted by molar-refractivity contribution is -0.275. The molecule has 8 heteroatoms. The number of nitrogens with zero attached hydrogens (tertiary/aromatic N) is 1. The van der Waals surface area contributed by atoms with Crippen LogP contribution >= 0.6 is 12.4 Å². The molecular formula is C15H22ClF3N2O2. The zero-order valence-corrected chi connectivity index (χ0v) is 14.3. The van der Waals surface area contributed by atoms with E-state index in [-0.39, 0.29) is 36.2 Å². The van der Waals surface area contributed by atoms with Crippen LogP contribution in [0, 0.1) is 5.41 Å². The first kappa shape index (κ1) is 21.5. The van der Waals surface area contributed by atoms with Gasteiger partial charge in [-0.1, -0.05) is 39.0 Å². The fraction of sp³-hybridized carbons (Fsp3) is 0.533. The van der Waals surface area contributed by atoms with E-state index in [1.807, 2.05) is 20.8 Å². The summed E-state index contributed by atoms with van der Waals surface area (Å²) in [5.74, 6) is -0.659. The minimum Gasteiger partial charge on any atom is -0.405 e. The van der Waals surface area contributed by atoms with Gasteiger partial charge in [0.25, 0.3) is 0 Å². The predicted octanol–water partition coefficient (Wildman–Crippen LogP) is 3.34. The van der Waals surface area contributed by atoms with Crippen LogP contribution < -0.4 is 10.5 Å². The molecule has 1 atom stereocenters. The van der Waals surface area contributed by atoms with Crippen molar-refractivity contribution in [2.24, 2.45) is 11.1 Å². The van der Waals surface area contributed by atoms with E-state index in [9.17, 15) is 18.0 Å². The zero-order chi connectivity index (χ0) is 17.1. The number of hydrogen-bond donors (Lipinski definition) is 1. The normalized spacial score (nSPS) is 13.0. The molecule has 1 amide bonds. The molecule has 23 heavy (non-hydrogen) atoms. The fourth-order valence-electron chi connectivity index (χ4n) is 1.80. The van der Waals surface area contributed by atoms with Crippen molar-refractivity contribution in [1.29, 1.82) is 0 Å². The molecule has 0 heterocycles. The van der Waals surface area contributed by atoms with Crippen molar-refractivity contribution in [3.8, 4) is 5.75 Å². The Bertz CT molecular complexity index is 530. The molecule has 0 spiro atoms. The Morgan fingerprint density at radius 3 is 2.26 bits per heavy atom. The lowest BCUT2D eigenvalue weighted by Crippen LogP contribution is -2.48. The van der Waals surface area contributed by atoms with Gasteiger partial charge in [-0.2, -0.15) is 0 Å². The van der Waals surface area contributed by atoms with Gasteiger partial charge in [0.05, 0.1) is 6.04 Å². The molecule has 0 aromatic heterocycles. The molecular weight excluding hydrogens is 333 g/mol. The van der Waals surface area contributed by atoms with Crippen molar-refractivity contribution in [2.75, 3.05) is 7.05 Å². The first-order valence-electron chi connectivity index (χ1n) is 6.76. The van der Waals surface area contributed by atoms with Gasteiger partial charge in [-0.15, -0.1) is 25.6 Å². The zero-order valence-electron chi connectivity index (χ0n) is 13.5. The molecule has 0 bridgehead atoms. The largest absolute Gasteiger partial charge is 0.573 e. The lowest BCUT2D eigenvalue weighted by Gasteiger charge is -2.30. The highest BCUT2D eigenvalue weighted by Gasteiger charge is 2.33. The smallest absolute Gasteiger partial charge is 0.405 e. The van der Waals surface area contributed by atoms with Crippen LogP contribution in [0.3, 0.4) is 0 Å². The van der Waals surface area contributed by atoms with Crippen LogP contribution in [0.5, 0.6) is 5.75 Å². The number of ether oxygens (including phenoxy) is 1. The molecule has 0 radical (unpaired) electrons. The SMILES string of the molecule is CN(Cc1ccccc1OC(F)(F)F)C(=O)[C@@H](N)C(C)(C)C.Cl. The molecule has 4 nitrogen and oxygen atoms in total. The maximum atomic E-state index is 12.4. The summed E-state index contributed by atoms with van der Waals surface area (Å²) in [4.78, 5) is 13.5. The lowest BCUT2D eigenvalue weighted by atomic mass is 9.86. The summed E-state index contributed by atoms with van der Waals surface area (Å²) in [5, 5.41) is 0. The molecule has 1 rings (SSSR count). The number of carbonyl (C=O) groups is 1. The van der Waals surface area contributed by atoms with E-state index in [4.69, 9.17) is 5.73 Å². The average molecular weight is 355 g/mol. The van der Waals surface area contributed by atoms with E-state index < -0.39 is 17.8 Å². The Morgan fingerprint density at radius 2 is 1.78 bits per heavy atom. The van der Waals surface area contributed by atoms with Gasteiger partial charge in [0.15, 0.2) is 0 Å². The summed E-state index contributed by atoms with van der Waals surface area (Å²) in [7, 11) is 1.50. The Labute approximate surface area is 140 Å². The number of rotatable bonds is 4. The van der Waals surface area contributed by atoms with Crippen LogP contribution in [-0.4, -0.2) is 30.3 Å². The Kier molecular flexibility index (Phi) is 7.37. The van der Waals surface area contributed by atoms with E-state index in [0.29, 0.717) is 0 Å². The molecule has 0 saturated carbocycles. The topological polar surface area (TPSA) is 55.6 Å². The molecule has 132 valence electrons. The summed E-state index contributed by atoms with van der Waals surface area (Å²) < 4.78 is 41.1. The van der Waals surface area contributed by atoms with Crippen LogP contribution in [0.2, 0.25) is 0 Å². The van der Waals surface area contributed by atoms with Gasteiger partial charge < -0.3 is 15.4 Å². The Morgan fingerprint density at radius 1 is 1.26 bits per heavy atom. The Hall–Kier alpha value is -1.47. The van der Waals surface area contributed by atoms with Crippen molar-refractivity contribution in [3.05, 3.63) is 29.8 Å². The summed E-state index contributed by atoms with van der Waals surface area (Å²) in [6, 6.07) is 4.97.